The summed E-state index contributed by atoms with van der Waals surface area (Å²) < 4.78 is 35.3. The highest BCUT2D eigenvalue weighted by Crippen LogP contribution is 2.39. The Morgan fingerprint density at radius 2 is 1.97 bits per heavy atom. The van der Waals surface area contributed by atoms with E-state index < -0.39 is 28.2 Å². The van der Waals surface area contributed by atoms with Crippen molar-refractivity contribution in [2.45, 2.75) is 44.3 Å². The molecule has 0 saturated carbocycles. The molecule has 0 unspecified atom stereocenters. The number of sulfonamides is 1. The summed E-state index contributed by atoms with van der Waals surface area (Å²) >= 11 is 0. The van der Waals surface area contributed by atoms with Crippen LogP contribution in [0.5, 0.6) is 5.75 Å². The van der Waals surface area contributed by atoms with Crippen molar-refractivity contribution >= 4 is 26.9 Å². The first-order valence-electron chi connectivity index (χ1n) is 11.0. The van der Waals surface area contributed by atoms with Crippen molar-refractivity contribution in [3.05, 3.63) is 65.1 Å². The Bertz CT molecular complexity index is 1370. The number of hydrogen-bond donors (Lipinski definition) is 1. The molecule has 9 nitrogen and oxygen atoms in total. The summed E-state index contributed by atoms with van der Waals surface area (Å²) in [4.78, 5) is 15.1. The van der Waals surface area contributed by atoms with Gasteiger partial charge in [0, 0.05) is 11.9 Å². The summed E-state index contributed by atoms with van der Waals surface area (Å²) in [5.74, 6) is -0.790. The lowest BCUT2D eigenvalue weighted by Gasteiger charge is -2.17. The van der Waals surface area contributed by atoms with Crippen molar-refractivity contribution in [3.63, 3.8) is 0 Å². The van der Waals surface area contributed by atoms with Crippen LogP contribution in [0.1, 0.15) is 31.1 Å². The maximum absolute atomic E-state index is 13.5. The normalized spacial score (nSPS) is 20.9. The van der Waals surface area contributed by atoms with Crippen molar-refractivity contribution in [1.29, 1.82) is 0 Å². The van der Waals surface area contributed by atoms with Crippen molar-refractivity contribution in [2.75, 3.05) is 13.2 Å². The monoisotopic (exact) mass is 482 g/mol. The number of aliphatic carboxylic acids is 1. The van der Waals surface area contributed by atoms with E-state index in [2.05, 4.69) is 9.94 Å². The zero-order valence-electron chi connectivity index (χ0n) is 19.2. The summed E-state index contributed by atoms with van der Waals surface area (Å²) in [7, 11) is -3.95. The number of aryl methyl sites for hydroxylation is 1. The first kappa shape index (κ1) is 23.7. The standard InChI is InChI=1S/C24H26N4O5S/c1-5-33-17-7-9-18(10-8-17)34(31,32)27-14-22(16(3)24(27)25-4)28-21-12-15(2)6-11-19(21)20(26-28)13-23(29)30/h6-12,16,22,24H,5,13-14H2,1-3H3,(H,29,30)/t16-,22+,24-/m1/s1. The summed E-state index contributed by atoms with van der Waals surface area (Å²) in [6.45, 7) is 13.9. The maximum atomic E-state index is 13.5. The van der Waals surface area contributed by atoms with E-state index in [0.717, 1.165) is 11.1 Å². The van der Waals surface area contributed by atoms with Gasteiger partial charge in [-0.3, -0.25) is 14.3 Å². The molecule has 0 aliphatic carbocycles. The molecule has 178 valence electrons. The van der Waals surface area contributed by atoms with Crippen LogP contribution in [0.25, 0.3) is 15.7 Å². The Hall–Kier alpha value is -3.42. The number of benzene rings is 2. The minimum Gasteiger partial charge on any atom is -0.494 e. The van der Waals surface area contributed by atoms with Crippen LogP contribution in [0.3, 0.4) is 0 Å². The fourth-order valence-corrected chi connectivity index (χ4v) is 6.11. The number of fused-ring (bicyclic) bond motifs is 1. The van der Waals surface area contributed by atoms with Crippen LogP contribution in [0, 0.1) is 19.4 Å². The summed E-state index contributed by atoms with van der Waals surface area (Å²) in [6.07, 6.45) is -1.15. The first-order chi connectivity index (χ1) is 16.2. The second-order valence-corrected chi connectivity index (χ2v) is 10.3. The van der Waals surface area contributed by atoms with Crippen LogP contribution in [0.4, 0.5) is 0 Å². The molecule has 34 heavy (non-hydrogen) atoms. The van der Waals surface area contributed by atoms with Gasteiger partial charge in [-0.25, -0.2) is 15.0 Å². The van der Waals surface area contributed by atoms with Crippen LogP contribution >= 0.6 is 0 Å². The number of hydrogen-bond acceptors (Lipinski definition) is 5. The SMILES string of the molecule is [C-]#[N+][C@H]1[C@H](C)[C@@H](n2nc(CC(=O)O)c3ccc(C)cc32)CN1S(=O)(=O)c1ccc(OCC)cc1. The first-order valence-corrected chi connectivity index (χ1v) is 12.4. The largest absolute Gasteiger partial charge is 0.494 e. The van der Waals surface area contributed by atoms with Gasteiger partial charge in [0.2, 0.25) is 10.0 Å². The Morgan fingerprint density at radius 3 is 2.59 bits per heavy atom. The summed E-state index contributed by atoms with van der Waals surface area (Å²) in [6, 6.07) is 11.4. The van der Waals surface area contributed by atoms with Crippen LogP contribution in [0.2, 0.25) is 0 Å². The smallest absolute Gasteiger partial charge is 0.309 e. The summed E-state index contributed by atoms with van der Waals surface area (Å²) in [5, 5.41) is 14.6. The van der Waals surface area contributed by atoms with Crippen LogP contribution < -0.4 is 4.74 Å². The van der Waals surface area contributed by atoms with E-state index in [-0.39, 0.29) is 23.8 Å². The molecule has 0 bridgehead atoms. The highest BCUT2D eigenvalue weighted by Gasteiger charge is 2.51. The van der Waals surface area contributed by atoms with Crippen LogP contribution in [-0.4, -0.2) is 52.9 Å². The van der Waals surface area contributed by atoms with E-state index in [1.165, 1.54) is 16.4 Å². The topological polar surface area (TPSA) is 106 Å². The Labute approximate surface area is 198 Å². The van der Waals surface area contributed by atoms with Gasteiger partial charge in [0.25, 0.3) is 6.17 Å². The third kappa shape index (κ3) is 4.13. The lowest BCUT2D eigenvalue weighted by molar-refractivity contribution is -0.136. The molecule has 2 heterocycles. The van der Waals surface area contributed by atoms with E-state index in [1.54, 1.807) is 16.8 Å². The molecule has 4 rings (SSSR count). The van der Waals surface area contributed by atoms with E-state index in [0.29, 0.717) is 23.4 Å². The molecule has 2 aromatic carbocycles. The zero-order valence-corrected chi connectivity index (χ0v) is 20.0. The minimum atomic E-state index is -3.95. The lowest BCUT2D eigenvalue weighted by Crippen LogP contribution is -2.35. The van der Waals surface area contributed by atoms with Gasteiger partial charge in [-0.2, -0.15) is 5.10 Å². The van der Waals surface area contributed by atoms with Crippen LogP contribution in [-0.2, 0) is 21.2 Å². The second-order valence-electron chi connectivity index (χ2n) is 8.43. The third-order valence-electron chi connectivity index (χ3n) is 6.19. The van der Waals surface area contributed by atoms with Gasteiger partial charge >= 0.3 is 5.97 Å². The van der Waals surface area contributed by atoms with E-state index in [9.17, 15) is 18.3 Å². The van der Waals surface area contributed by atoms with E-state index >= 15 is 0 Å². The van der Waals surface area contributed by atoms with Crippen molar-refractivity contribution in [3.8, 4) is 5.75 Å². The molecule has 3 aromatic rings. The molecule has 10 heteroatoms. The van der Waals surface area contributed by atoms with Crippen molar-refractivity contribution < 1.29 is 23.1 Å². The third-order valence-corrected chi connectivity index (χ3v) is 8.04. The van der Waals surface area contributed by atoms with E-state index in [4.69, 9.17) is 11.3 Å². The number of aromatic nitrogens is 2. The molecule has 1 saturated heterocycles. The molecule has 1 aliphatic rings. The molecule has 3 atom stereocenters. The fraction of sp³-hybridized carbons (Fsp3) is 0.375. The number of carboxylic acids is 1. The maximum Gasteiger partial charge on any atom is 0.309 e. The van der Waals surface area contributed by atoms with Crippen molar-refractivity contribution in [1.82, 2.24) is 14.1 Å². The molecule has 1 fully saturated rings. The van der Waals surface area contributed by atoms with Gasteiger partial charge in [0.05, 0.1) is 41.1 Å². The van der Waals surface area contributed by atoms with Gasteiger partial charge in [-0.05, 0) is 49.7 Å². The number of ether oxygens (including phenoxy) is 1. The fourth-order valence-electron chi connectivity index (χ4n) is 4.49. The van der Waals surface area contributed by atoms with E-state index in [1.807, 2.05) is 39.0 Å². The molecule has 0 spiro atoms. The molecule has 1 N–H and O–H groups in total. The highest BCUT2D eigenvalue weighted by atomic mass is 32.2. The molecule has 1 aromatic heterocycles. The average molecular weight is 483 g/mol. The molecular formula is C24H26N4O5S. The van der Waals surface area contributed by atoms with Gasteiger partial charge < -0.3 is 9.84 Å². The zero-order chi connectivity index (χ0) is 24.6. The minimum absolute atomic E-state index is 0.0565. The quantitative estimate of drug-likeness (QED) is 0.517. The molecule has 1 aliphatic heterocycles. The highest BCUT2D eigenvalue weighted by molar-refractivity contribution is 7.89. The second kappa shape index (κ2) is 9.08. The van der Waals surface area contributed by atoms with Gasteiger partial charge in [-0.1, -0.05) is 19.1 Å². The number of nitrogens with zero attached hydrogens (tertiary/aromatic N) is 4. The van der Waals surface area contributed by atoms with Gasteiger partial charge in [-0.15, -0.1) is 4.31 Å². The Morgan fingerprint density at radius 1 is 1.26 bits per heavy atom. The predicted octanol–water partition coefficient (Wildman–Crippen LogP) is 3.50. The number of rotatable bonds is 7. The van der Waals surface area contributed by atoms with Gasteiger partial charge in [0.1, 0.15) is 5.75 Å². The predicted molar refractivity (Wildman–Crippen MR) is 126 cm³/mol. The van der Waals surface area contributed by atoms with Crippen LogP contribution in [0.15, 0.2) is 47.4 Å². The Kier molecular flexibility index (Phi) is 6.34. The molecular weight excluding hydrogens is 456 g/mol. The summed E-state index contributed by atoms with van der Waals surface area (Å²) in [5.41, 5.74) is 2.13. The lowest BCUT2D eigenvalue weighted by atomic mass is 10.0. The number of carbonyl (C=O) groups is 1. The van der Waals surface area contributed by atoms with Crippen molar-refractivity contribution in [2.24, 2.45) is 5.92 Å². The average Bonchev–Trinajstić information content (AvgIpc) is 3.31. The number of carboxylic acid groups (broad SMARTS) is 1. The van der Waals surface area contributed by atoms with Gasteiger partial charge in [0.15, 0.2) is 0 Å². The molecule has 0 amide bonds. The molecule has 0 radical (unpaired) electrons. The Balaban J connectivity index is 1.75.